The van der Waals surface area contributed by atoms with Crippen LogP contribution in [0.1, 0.15) is 9.68 Å². The highest BCUT2D eigenvalue weighted by Gasteiger charge is 2.31. The maximum atomic E-state index is 7.96. The minimum atomic E-state index is -2.30. The molecular formula is C15H12N5+. The van der Waals surface area contributed by atoms with Gasteiger partial charge >= 0.3 is 0 Å². The van der Waals surface area contributed by atoms with Gasteiger partial charge in [-0.15, -0.1) is 4.98 Å². The van der Waals surface area contributed by atoms with Gasteiger partial charge in [0.25, 0.3) is 5.65 Å². The lowest BCUT2D eigenvalue weighted by molar-refractivity contribution is -0.484. The Hall–Kier alpha value is -2.69. The van der Waals surface area contributed by atoms with Gasteiger partial charge in [-0.25, -0.2) is 0 Å². The average molecular weight is 265 g/mol. The second kappa shape index (κ2) is 3.25. The lowest BCUT2D eigenvalue weighted by Gasteiger charge is -1.94. The molecule has 4 aromatic rings. The Morgan fingerprint density at radius 2 is 2.15 bits per heavy atom. The molecule has 5 heterocycles. The Morgan fingerprint density at radius 1 is 1.25 bits per heavy atom. The van der Waals surface area contributed by atoms with Crippen LogP contribution in [0, 0.1) is 0 Å². The summed E-state index contributed by atoms with van der Waals surface area (Å²) in [6.45, 7) is -1.61. The molecule has 0 amide bonds. The summed E-state index contributed by atoms with van der Waals surface area (Å²) in [6, 6.07) is 7.46. The first kappa shape index (κ1) is 7.79. The number of aromatic nitrogens is 5. The SMILES string of the molecule is [2H]C([2H])([2H])n1c2cccnc2[n+]2cn3c(c12)-c1ncccc1C3. The lowest BCUT2D eigenvalue weighted by Crippen LogP contribution is -2.18. The first-order valence-corrected chi connectivity index (χ1v) is 6.40. The van der Waals surface area contributed by atoms with Gasteiger partial charge in [-0.1, -0.05) is 6.07 Å². The Labute approximate surface area is 119 Å². The number of rotatable bonds is 0. The van der Waals surface area contributed by atoms with Crippen LogP contribution in [-0.2, 0) is 13.5 Å². The number of hydrogen-bond donors (Lipinski definition) is 0. The normalized spacial score (nSPS) is 15.9. The Morgan fingerprint density at radius 3 is 3.10 bits per heavy atom. The molecule has 0 saturated heterocycles. The van der Waals surface area contributed by atoms with Crippen molar-refractivity contribution in [3.63, 3.8) is 0 Å². The summed E-state index contributed by atoms with van der Waals surface area (Å²) < 4.78 is 29.1. The van der Waals surface area contributed by atoms with Crippen LogP contribution in [0.4, 0.5) is 0 Å². The van der Waals surface area contributed by atoms with E-state index in [9.17, 15) is 0 Å². The first-order valence-electron chi connectivity index (χ1n) is 7.90. The molecule has 1 aliphatic heterocycles. The van der Waals surface area contributed by atoms with Crippen molar-refractivity contribution in [2.24, 2.45) is 6.98 Å². The predicted octanol–water partition coefficient (Wildman–Crippen LogP) is 1.54. The number of imidazole rings is 2. The molecule has 5 rings (SSSR count). The van der Waals surface area contributed by atoms with Gasteiger partial charge in [0.1, 0.15) is 5.69 Å². The summed E-state index contributed by atoms with van der Waals surface area (Å²) in [5.74, 6) is 0. The van der Waals surface area contributed by atoms with Crippen LogP contribution in [0.2, 0.25) is 0 Å². The summed E-state index contributed by atoms with van der Waals surface area (Å²) in [5.41, 5.74) is 4.60. The monoisotopic (exact) mass is 265 g/mol. The maximum Gasteiger partial charge on any atom is 0.272 e. The van der Waals surface area contributed by atoms with E-state index in [1.165, 1.54) is 4.57 Å². The second-order valence-corrected chi connectivity index (χ2v) is 4.98. The smallest absolute Gasteiger partial charge is 0.271 e. The number of hydrogen-bond acceptors (Lipinski definition) is 2. The van der Waals surface area contributed by atoms with Gasteiger partial charge in [0.2, 0.25) is 5.65 Å². The third-order valence-corrected chi connectivity index (χ3v) is 3.89. The van der Waals surface area contributed by atoms with Crippen LogP contribution in [0.5, 0.6) is 0 Å². The van der Waals surface area contributed by atoms with Crippen LogP contribution in [-0.4, -0.2) is 19.1 Å². The fourth-order valence-electron chi connectivity index (χ4n) is 3.05. The molecule has 0 radical (unpaired) electrons. The molecule has 0 aromatic carbocycles. The summed E-state index contributed by atoms with van der Waals surface area (Å²) in [5, 5.41) is 0. The van der Waals surface area contributed by atoms with Gasteiger partial charge in [-0.2, -0.15) is 4.40 Å². The van der Waals surface area contributed by atoms with Crippen molar-refractivity contribution < 1.29 is 8.51 Å². The fourth-order valence-corrected chi connectivity index (χ4v) is 3.05. The van der Waals surface area contributed by atoms with E-state index in [2.05, 4.69) is 9.97 Å². The van der Waals surface area contributed by atoms with Crippen LogP contribution in [0.25, 0.3) is 28.2 Å². The van der Waals surface area contributed by atoms with Gasteiger partial charge in [0.15, 0.2) is 17.5 Å². The van der Waals surface area contributed by atoms with E-state index < -0.39 is 6.98 Å². The minimum absolute atomic E-state index is 0.593. The summed E-state index contributed by atoms with van der Waals surface area (Å²) in [4.78, 5) is 8.84. The highest BCUT2D eigenvalue weighted by Crippen LogP contribution is 2.33. The zero-order chi connectivity index (χ0) is 15.8. The summed E-state index contributed by atoms with van der Waals surface area (Å²) in [6.07, 6.45) is 5.32. The quantitative estimate of drug-likeness (QED) is 0.398. The molecule has 0 bridgehead atoms. The van der Waals surface area contributed by atoms with E-state index in [4.69, 9.17) is 4.11 Å². The van der Waals surface area contributed by atoms with Gasteiger partial charge in [-0.05, 0) is 18.2 Å². The zero-order valence-electron chi connectivity index (χ0n) is 13.5. The molecule has 0 spiro atoms. The standard InChI is InChI=1S/C15H12N5/c1-18-11-5-3-7-17-14(11)20-9-19-8-10-4-2-6-16-12(10)13(19)15(18)20/h2-7,9H,8H2,1H3/q+1/i1D3. The molecule has 0 aliphatic carbocycles. The molecule has 0 atom stereocenters. The van der Waals surface area contributed by atoms with Gasteiger partial charge in [0, 0.05) is 18.7 Å². The fraction of sp³-hybridized carbons (Fsp3) is 0.133. The third-order valence-electron chi connectivity index (χ3n) is 3.89. The Kier molecular flexibility index (Phi) is 1.27. The molecule has 0 saturated carbocycles. The van der Waals surface area contributed by atoms with Crippen molar-refractivity contribution in [3.8, 4) is 11.4 Å². The van der Waals surface area contributed by atoms with Gasteiger partial charge < -0.3 is 0 Å². The van der Waals surface area contributed by atoms with E-state index in [0.29, 0.717) is 23.4 Å². The zero-order valence-corrected chi connectivity index (χ0v) is 10.5. The Bertz CT molecular complexity index is 1090. The van der Waals surface area contributed by atoms with E-state index in [-0.39, 0.29) is 0 Å². The molecule has 0 unspecified atom stereocenters. The largest absolute Gasteiger partial charge is 0.272 e. The van der Waals surface area contributed by atoms with Crippen LogP contribution in [0.3, 0.4) is 0 Å². The van der Waals surface area contributed by atoms with Crippen LogP contribution in [0.15, 0.2) is 43.0 Å². The molecule has 1 aliphatic rings. The lowest BCUT2D eigenvalue weighted by atomic mass is 10.2. The molecule has 96 valence electrons. The second-order valence-electron chi connectivity index (χ2n) is 4.98. The third kappa shape index (κ3) is 1.02. The van der Waals surface area contributed by atoms with E-state index in [1.54, 1.807) is 24.5 Å². The highest BCUT2D eigenvalue weighted by molar-refractivity contribution is 5.81. The van der Waals surface area contributed by atoms with Crippen molar-refractivity contribution in [1.29, 1.82) is 0 Å². The van der Waals surface area contributed by atoms with Crippen molar-refractivity contribution in [2.75, 3.05) is 0 Å². The highest BCUT2D eigenvalue weighted by atomic mass is 15.2. The number of pyridine rings is 2. The van der Waals surface area contributed by atoms with Gasteiger partial charge in [-0.3, -0.25) is 14.1 Å². The molecule has 0 fully saturated rings. The molecular weight excluding hydrogens is 250 g/mol. The number of nitrogens with zero attached hydrogens (tertiary/aromatic N) is 5. The molecule has 5 nitrogen and oxygen atoms in total. The number of aryl methyl sites for hydroxylation is 1. The molecule has 0 N–H and O–H groups in total. The van der Waals surface area contributed by atoms with E-state index in [1.807, 2.05) is 27.4 Å². The summed E-state index contributed by atoms with van der Waals surface area (Å²) in [7, 11) is 0. The van der Waals surface area contributed by atoms with Crippen LogP contribution < -0.4 is 4.40 Å². The van der Waals surface area contributed by atoms with Crippen molar-refractivity contribution in [3.05, 3.63) is 48.5 Å². The van der Waals surface area contributed by atoms with Crippen LogP contribution >= 0.6 is 0 Å². The molecule has 20 heavy (non-hydrogen) atoms. The number of fused-ring (bicyclic) bond motifs is 7. The Balaban J connectivity index is 2.02. The minimum Gasteiger partial charge on any atom is -0.271 e. The predicted molar refractivity (Wildman–Crippen MR) is 74.2 cm³/mol. The molecule has 5 heteroatoms. The van der Waals surface area contributed by atoms with E-state index >= 15 is 0 Å². The topological polar surface area (TPSA) is 39.7 Å². The first-order chi connectivity index (χ1) is 11.1. The molecule has 4 aromatic heterocycles. The van der Waals surface area contributed by atoms with Crippen molar-refractivity contribution >= 4 is 16.8 Å². The maximum absolute atomic E-state index is 7.96. The summed E-state index contributed by atoms with van der Waals surface area (Å²) >= 11 is 0. The van der Waals surface area contributed by atoms with Crippen molar-refractivity contribution in [1.82, 2.24) is 19.1 Å². The van der Waals surface area contributed by atoms with E-state index in [0.717, 1.165) is 17.0 Å². The van der Waals surface area contributed by atoms with Crippen molar-refractivity contribution in [2.45, 2.75) is 6.54 Å². The van der Waals surface area contributed by atoms with Gasteiger partial charge in [0.05, 0.1) is 16.9 Å². The average Bonchev–Trinajstić information content (AvgIpc) is 3.12.